The summed E-state index contributed by atoms with van der Waals surface area (Å²) >= 11 is 0. The normalized spacial score (nSPS) is 20.6. The average molecular weight is 471 g/mol. The summed E-state index contributed by atoms with van der Waals surface area (Å²) in [6, 6.07) is 8.94. The molecule has 1 N–H and O–H groups in total. The molecule has 2 heterocycles. The fraction of sp³-hybridized carbons (Fsp3) is 0.440. The average Bonchev–Trinajstić information content (AvgIpc) is 3.07. The number of hydrogen-bond donors (Lipinski definition) is 1. The van der Waals surface area contributed by atoms with Gasteiger partial charge in [-0.15, -0.1) is 0 Å². The van der Waals surface area contributed by atoms with Crippen LogP contribution in [-0.4, -0.2) is 56.8 Å². The number of amides is 2. The maximum absolute atomic E-state index is 13.5. The minimum atomic E-state index is -3.64. The van der Waals surface area contributed by atoms with Crippen molar-refractivity contribution in [1.82, 2.24) is 4.31 Å². The Morgan fingerprint density at radius 1 is 0.879 bits per heavy atom. The number of piperazine rings is 1. The fourth-order valence-electron chi connectivity index (χ4n) is 5.08. The van der Waals surface area contributed by atoms with Gasteiger partial charge in [-0.2, -0.15) is 4.31 Å². The standard InChI is InChI=1S/C25H31N3O4S/c1-16-8-6-7-9-21(16)28-23(29)15-22(25(28)30)26-10-12-27(13-11-26)33(31,32)24-19(4)17(2)14-18(3)20(24)5/h6-9,14,22H,10-13,15H2,1-5H3/p+1/t22-/m0/s1. The van der Waals surface area contributed by atoms with Crippen molar-refractivity contribution in [3.05, 3.63) is 58.1 Å². The van der Waals surface area contributed by atoms with Crippen LogP contribution in [0.5, 0.6) is 0 Å². The summed E-state index contributed by atoms with van der Waals surface area (Å²) < 4.78 is 28.6. The molecule has 176 valence electrons. The number of carbonyl (C=O) groups excluding carboxylic acids is 2. The first kappa shape index (κ1) is 23.6. The van der Waals surface area contributed by atoms with Gasteiger partial charge in [-0.1, -0.05) is 24.3 Å². The SMILES string of the molecule is Cc1ccccc1N1C(=O)C[C@H]([NH+]2CCN(S(=O)(=O)c3c(C)c(C)cc(C)c3C)CC2)C1=O. The van der Waals surface area contributed by atoms with Crippen molar-refractivity contribution in [2.75, 3.05) is 31.1 Å². The molecule has 2 amide bonds. The van der Waals surface area contributed by atoms with Gasteiger partial charge in [0.05, 0.1) is 43.2 Å². The maximum Gasteiger partial charge on any atom is 0.292 e. The van der Waals surface area contributed by atoms with Gasteiger partial charge in [-0.25, -0.2) is 13.3 Å². The first-order valence-corrected chi connectivity index (χ1v) is 12.8. The second-order valence-electron chi connectivity index (χ2n) is 9.26. The number of carbonyl (C=O) groups is 2. The van der Waals surface area contributed by atoms with Crippen molar-refractivity contribution in [2.24, 2.45) is 0 Å². The van der Waals surface area contributed by atoms with Gasteiger partial charge in [-0.3, -0.25) is 9.59 Å². The molecular weight excluding hydrogens is 438 g/mol. The number of hydrogen-bond acceptors (Lipinski definition) is 4. The van der Waals surface area contributed by atoms with E-state index in [9.17, 15) is 18.0 Å². The van der Waals surface area contributed by atoms with E-state index in [1.807, 2.05) is 58.9 Å². The molecule has 2 aliphatic heterocycles. The third kappa shape index (κ3) is 4.00. The third-order valence-corrected chi connectivity index (χ3v) is 9.43. The molecule has 8 heteroatoms. The molecule has 7 nitrogen and oxygen atoms in total. The molecule has 1 atom stereocenters. The molecule has 0 aromatic heterocycles. The number of anilines is 1. The molecule has 33 heavy (non-hydrogen) atoms. The number of imide groups is 1. The second kappa shape index (κ2) is 8.66. The first-order chi connectivity index (χ1) is 15.5. The smallest absolute Gasteiger partial charge is 0.292 e. The summed E-state index contributed by atoms with van der Waals surface area (Å²) in [5.41, 5.74) is 5.03. The molecule has 2 aliphatic rings. The van der Waals surface area contributed by atoms with Crippen LogP contribution in [0, 0.1) is 34.6 Å². The van der Waals surface area contributed by atoms with Crippen molar-refractivity contribution in [1.29, 1.82) is 0 Å². The van der Waals surface area contributed by atoms with Gasteiger partial charge < -0.3 is 4.90 Å². The fourth-order valence-corrected chi connectivity index (χ4v) is 7.09. The lowest BCUT2D eigenvalue weighted by Crippen LogP contribution is -3.19. The number of aryl methyl sites for hydroxylation is 3. The minimum absolute atomic E-state index is 0.157. The van der Waals surface area contributed by atoms with Crippen LogP contribution in [-0.2, 0) is 19.6 Å². The van der Waals surface area contributed by atoms with Crippen LogP contribution in [0.1, 0.15) is 34.2 Å². The lowest BCUT2D eigenvalue weighted by atomic mass is 10.0. The summed E-state index contributed by atoms with van der Waals surface area (Å²) in [5, 5.41) is 0. The minimum Gasteiger partial charge on any atom is -0.322 e. The van der Waals surface area contributed by atoms with Gasteiger partial charge in [0.25, 0.3) is 5.91 Å². The predicted molar refractivity (Wildman–Crippen MR) is 127 cm³/mol. The number of nitrogens with one attached hydrogen (secondary N) is 1. The van der Waals surface area contributed by atoms with Crippen molar-refractivity contribution in [2.45, 2.75) is 52.0 Å². The molecule has 0 radical (unpaired) electrons. The molecule has 0 spiro atoms. The quantitative estimate of drug-likeness (QED) is 0.686. The Balaban J connectivity index is 1.52. The predicted octanol–water partition coefficient (Wildman–Crippen LogP) is 1.45. The monoisotopic (exact) mass is 470 g/mol. The molecule has 2 fully saturated rings. The molecule has 0 unspecified atom stereocenters. The summed E-state index contributed by atoms with van der Waals surface area (Å²) in [5.74, 6) is -0.384. The Kier molecular flexibility index (Phi) is 6.20. The Morgan fingerprint density at radius 2 is 1.45 bits per heavy atom. The largest absolute Gasteiger partial charge is 0.322 e. The van der Waals surface area contributed by atoms with E-state index in [-0.39, 0.29) is 18.2 Å². The highest BCUT2D eigenvalue weighted by Crippen LogP contribution is 2.29. The van der Waals surface area contributed by atoms with Gasteiger partial charge in [0, 0.05) is 0 Å². The van der Waals surface area contributed by atoms with Crippen LogP contribution in [0.3, 0.4) is 0 Å². The third-order valence-electron chi connectivity index (χ3n) is 7.26. The highest BCUT2D eigenvalue weighted by Gasteiger charge is 2.47. The molecule has 2 saturated heterocycles. The zero-order valence-corrected chi connectivity index (χ0v) is 20.8. The highest BCUT2D eigenvalue weighted by atomic mass is 32.2. The number of para-hydroxylation sites is 1. The summed E-state index contributed by atoms with van der Waals surface area (Å²) in [7, 11) is -3.64. The second-order valence-corrected chi connectivity index (χ2v) is 11.1. The van der Waals surface area contributed by atoms with Crippen LogP contribution in [0.4, 0.5) is 5.69 Å². The van der Waals surface area contributed by atoms with E-state index in [0.29, 0.717) is 36.8 Å². The highest BCUT2D eigenvalue weighted by molar-refractivity contribution is 7.89. The van der Waals surface area contributed by atoms with E-state index < -0.39 is 16.1 Å². The molecular formula is C25H32N3O4S+. The zero-order valence-electron chi connectivity index (χ0n) is 19.9. The molecule has 2 aromatic rings. The lowest BCUT2D eigenvalue weighted by Gasteiger charge is -2.34. The van der Waals surface area contributed by atoms with Gasteiger partial charge in [0.15, 0.2) is 6.04 Å². The number of sulfonamides is 1. The van der Waals surface area contributed by atoms with Crippen molar-refractivity contribution >= 4 is 27.5 Å². The number of benzene rings is 2. The Morgan fingerprint density at radius 3 is 2.03 bits per heavy atom. The van der Waals surface area contributed by atoms with Gasteiger partial charge in [-0.05, 0) is 68.5 Å². The van der Waals surface area contributed by atoms with E-state index in [2.05, 4.69) is 0 Å². The van der Waals surface area contributed by atoms with Crippen LogP contribution in [0.15, 0.2) is 35.2 Å². The molecule has 0 aliphatic carbocycles. The van der Waals surface area contributed by atoms with Crippen LogP contribution in [0.2, 0.25) is 0 Å². The Labute approximate surface area is 196 Å². The van der Waals surface area contributed by atoms with Crippen molar-refractivity contribution < 1.29 is 22.9 Å². The van der Waals surface area contributed by atoms with Crippen LogP contribution < -0.4 is 9.80 Å². The van der Waals surface area contributed by atoms with E-state index in [1.54, 1.807) is 6.07 Å². The first-order valence-electron chi connectivity index (χ1n) is 11.4. The summed E-state index contributed by atoms with van der Waals surface area (Å²) in [6.07, 6.45) is 0.157. The van der Waals surface area contributed by atoms with E-state index in [0.717, 1.165) is 32.7 Å². The Hall–Kier alpha value is -2.55. The summed E-state index contributed by atoms with van der Waals surface area (Å²) in [6.45, 7) is 11.1. The summed E-state index contributed by atoms with van der Waals surface area (Å²) in [4.78, 5) is 28.6. The van der Waals surface area contributed by atoms with Crippen LogP contribution >= 0.6 is 0 Å². The lowest BCUT2D eigenvalue weighted by molar-refractivity contribution is -0.918. The molecule has 0 bridgehead atoms. The van der Waals surface area contributed by atoms with Crippen LogP contribution in [0.25, 0.3) is 0 Å². The van der Waals surface area contributed by atoms with Gasteiger partial charge >= 0.3 is 0 Å². The molecule has 4 rings (SSSR count). The topological polar surface area (TPSA) is 79.2 Å². The van der Waals surface area contributed by atoms with Gasteiger partial charge in [0.1, 0.15) is 0 Å². The number of quaternary nitrogens is 1. The van der Waals surface area contributed by atoms with E-state index in [4.69, 9.17) is 0 Å². The van der Waals surface area contributed by atoms with Gasteiger partial charge in [0.2, 0.25) is 15.9 Å². The number of rotatable bonds is 4. The molecule has 2 aromatic carbocycles. The van der Waals surface area contributed by atoms with E-state index in [1.165, 1.54) is 9.21 Å². The number of nitrogens with zero attached hydrogens (tertiary/aromatic N) is 2. The maximum atomic E-state index is 13.5. The Bertz CT molecular complexity index is 1200. The molecule has 0 saturated carbocycles. The zero-order chi connectivity index (χ0) is 24.1. The van der Waals surface area contributed by atoms with E-state index >= 15 is 0 Å². The van der Waals surface area contributed by atoms with Crippen molar-refractivity contribution in [3.8, 4) is 0 Å². The van der Waals surface area contributed by atoms with Crippen molar-refractivity contribution in [3.63, 3.8) is 0 Å².